The lowest BCUT2D eigenvalue weighted by atomic mass is 10.1. The minimum absolute atomic E-state index is 0.172. The smallest absolute Gasteiger partial charge is 0.254 e. The number of amides is 1. The molecule has 0 aliphatic carbocycles. The molecule has 19 heavy (non-hydrogen) atoms. The summed E-state index contributed by atoms with van der Waals surface area (Å²) in [6.07, 6.45) is 2.23. The number of alkyl halides is 1. The van der Waals surface area contributed by atoms with Gasteiger partial charge in [0.25, 0.3) is 5.91 Å². The van der Waals surface area contributed by atoms with Gasteiger partial charge in [-0.05, 0) is 44.6 Å². The Kier molecular flexibility index (Phi) is 4.99. The molecule has 1 heterocycles. The van der Waals surface area contributed by atoms with E-state index in [2.05, 4.69) is 34.9 Å². The maximum absolute atomic E-state index is 12.5. The van der Waals surface area contributed by atoms with E-state index in [4.69, 9.17) is 0 Å². The highest BCUT2D eigenvalue weighted by Crippen LogP contribution is 2.21. The predicted octanol–water partition coefficient (Wildman–Crippen LogP) is 2.75. The average Bonchev–Trinajstić information content (AvgIpc) is 2.85. The van der Waals surface area contributed by atoms with Gasteiger partial charge in [-0.3, -0.25) is 4.79 Å². The van der Waals surface area contributed by atoms with E-state index in [0.717, 1.165) is 36.8 Å². The second-order valence-electron chi connectivity index (χ2n) is 5.39. The van der Waals surface area contributed by atoms with Crippen molar-refractivity contribution in [3.05, 3.63) is 35.4 Å². The largest absolute Gasteiger partial charge is 0.334 e. The van der Waals surface area contributed by atoms with Gasteiger partial charge in [0.1, 0.15) is 0 Å². The molecule has 3 nitrogen and oxygen atoms in total. The number of rotatable bonds is 4. The molecule has 1 aliphatic rings. The lowest BCUT2D eigenvalue weighted by Crippen LogP contribution is -2.41. The molecule has 4 heteroatoms. The van der Waals surface area contributed by atoms with Crippen LogP contribution in [0.4, 0.5) is 0 Å². The highest BCUT2D eigenvalue weighted by Gasteiger charge is 2.29. The molecule has 0 radical (unpaired) electrons. The summed E-state index contributed by atoms with van der Waals surface area (Å²) < 4.78 is 0. The number of halogens is 1. The van der Waals surface area contributed by atoms with Crippen molar-refractivity contribution in [1.82, 2.24) is 9.80 Å². The molecular formula is C15H21BrN2O. The van der Waals surface area contributed by atoms with Gasteiger partial charge in [0.15, 0.2) is 0 Å². The number of benzene rings is 1. The lowest BCUT2D eigenvalue weighted by Gasteiger charge is -2.27. The van der Waals surface area contributed by atoms with Gasteiger partial charge in [-0.15, -0.1) is 0 Å². The lowest BCUT2D eigenvalue weighted by molar-refractivity contribution is 0.0716. The normalized spacial score (nSPS) is 19.2. The van der Waals surface area contributed by atoms with Crippen molar-refractivity contribution < 1.29 is 4.79 Å². The second-order valence-corrected chi connectivity index (χ2v) is 5.95. The summed E-state index contributed by atoms with van der Waals surface area (Å²) in [5.41, 5.74) is 2.00. The zero-order chi connectivity index (χ0) is 13.8. The van der Waals surface area contributed by atoms with Crippen LogP contribution in [0.1, 0.15) is 28.8 Å². The Balaban J connectivity index is 2.09. The maximum Gasteiger partial charge on any atom is 0.254 e. The van der Waals surface area contributed by atoms with E-state index >= 15 is 0 Å². The molecule has 0 aromatic heterocycles. The van der Waals surface area contributed by atoms with Crippen LogP contribution in [0.2, 0.25) is 0 Å². The molecule has 1 aromatic carbocycles. The van der Waals surface area contributed by atoms with Crippen molar-refractivity contribution in [2.75, 3.05) is 27.2 Å². The Morgan fingerprint density at radius 3 is 2.63 bits per heavy atom. The average molecular weight is 325 g/mol. The van der Waals surface area contributed by atoms with E-state index in [1.54, 1.807) is 0 Å². The molecule has 2 rings (SSSR count). The molecule has 1 amide bonds. The summed E-state index contributed by atoms with van der Waals surface area (Å²) in [5.74, 6) is 0.172. The van der Waals surface area contributed by atoms with Gasteiger partial charge in [0.05, 0.1) is 0 Å². The van der Waals surface area contributed by atoms with Crippen molar-refractivity contribution in [3.63, 3.8) is 0 Å². The number of hydrogen-bond acceptors (Lipinski definition) is 2. The summed E-state index contributed by atoms with van der Waals surface area (Å²) >= 11 is 3.42. The third-order valence-corrected chi connectivity index (χ3v) is 4.22. The van der Waals surface area contributed by atoms with Crippen LogP contribution in [0.3, 0.4) is 0 Å². The zero-order valence-electron chi connectivity index (χ0n) is 11.6. The highest BCUT2D eigenvalue weighted by atomic mass is 79.9. The second kappa shape index (κ2) is 6.53. The molecule has 1 aliphatic heterocycles. The number of nitrogens with zero attached hydrogens (tertiary/aromatic N) is 2. The maximum atomic E-state index is 12.5. The Morgan fingerprint density at radius 2 is 2.05 bits per heavy atom. The fourth-order valence-electron chi connectivity index (χ4n) is 2.62. The molecule has 1 atom stereocenters. The number of carbonyl (C=O) groups excluding carboxylic acids is 1. The minimum atomic E-state index is 0.172. The van der Waals surface area contributed by atoms with Crippen molar-refractivity contribution in [3.8, 4) is 0 Å². The third-order valence-electron chi connectivity index (χ3n) is 3.57. The monoisotopic (exact) mass is 324 g/mol. The van der Waals surface area contributed by atoms with Crippen LogP contribution in [0.25, 0.3) is 0 Å². The number of likely N-dealkylation sites (tertiary alicyclic amines) is 1. The molecule has 1 unspecified atom stereocenters. The summed E-state index contributed by atoms with van der Waals surface area (Å²) in [7, 11) is 4.12. The van der Waals surface area contributed by atoms with Gasteiger partial charge in [0.2, 0.25) is 0 Å². The van der Waals surface area contributed by atoms with E-state index in [1.165, 1.54) is 5.56 Å². The van der Waals surface area contributed by atoms with E-state index in [9.17, 15) is 4.79 Å². The molecule has 104 valence electrons. The standard InChI is InChI=1S/C15H21BrN2O/c1-17(2)11-14-4-3-9-18(14)15(19)13-7-5-12(10-16)6-8-13/h5-8,14H,3-4,9-11H2,1-2H3. The number of carbonyl (C=O) groups is 1. The molecule has 0 spiro atoms. The molecular weight excluding hydrogens is 304 g/mol. The zero-order valence-corrected chi connectivity index (χ0v) is 13.2. The van der Waals surface area contributed by atoms with Crippen molar-refractivity contribution >= 4 is 21.8 Å². The highest BCUT2D eigenvalue weighted by molar-refractivity contribution is 9.08. The number of hydrogen-bond donors (Lipinski definition) is 0. The van der Waals surface area contributed by atoms with Crippen LogP contribution >= 0.6 is 15.9 Å². The molecule has 0 N–H and O–H groups in total. The predicted molar refractivity (Wildman–Crippen MR) is 81.7 cm³/mol. The van der Waals surface area contributed by atoms with Gasteiger partial charge in [-0.1, -0.05) is 28.1 Å². The van der Waals surface area contributed by atoms with E-state index < -0.39 is 0 Å². The van der Waals surface area contributed by atoms with Crippen LogP contribution in [0.15, 0.2) is 24.3 Å². The molecule has 1 fully saturated rings. The van der Waals surface area contributed by atoms with E-state index in [-0.39, 0.29) is 5.91 Å². The van der Waals surface area contributed by atoms with Crippen molar-refractivity contribution in [1.29, 1.82) is 0 Å². The first-order valence-corrected chi connectivity index (χ1v) is 7.84. The first-order valence-electron chi connectivity index (χ1n) is 6.72. The fourth-order valence-corrected chi connectivity index (χ4v) is 2.99. The molecule has 0 bridgehead atoms. The van der Waals surface area contributed by atoms with Gasteiger partial charge in [0, 0.05) is 30.0 Å². The minimum Gasteiger partial charge on any atom is -0.334 e. The number of likely N-dealkylation sites (N-methyl/N-ethyl adjacent to an activating group) is 1. The summed E-state index contributed by atoms with van der Waals surface area (Å²) in [4.78, 5) is 16.7. The van der Waals surface area contributed by atoms with Crippen LogP contribution < -0.4 is 0 Å². The summed E-state index contributed by atoms with van der Waals surface area (Å²) in [6.45, 7) is 1.84. The first kappa shape index (κ1) is 14.5. The third kappa shape index (κ3) is 3.57. The van der Waals surface area contributed by atoms with Crippen molar-refractivity contribution in [2.45, 2.75) is 24.2 Å². The Hall–Kier alpha value is -0.870. The van der Waals surface area contributed by atoms with Crippen LogP contribution in [-0.2, 0) is 5.33 Å². The van der Waals surface area contributed by atoms with Crippen LogP contribution in [-0.4, -0.2) is 48.9 Å². The Labute approximate surface area is 123 Å². The van der Waals surface area contributed by atoms with Crippen LogP contribution in [0, 0.1) is 0 Å². The summed E-state index contributed by atoms with van der Waals surface area (Å²) in [6, 6.07) is 8.25. The molecule has 0 saturated carbocycles. The van der Waals surface area contributed by atoms with Gasteiger partial charge in [-0.2, -0.15) is 0 Å². The van der Waals surface area contributed by atoms with Gasteiger partial charge < -0.3 is 9.80 Å². The van der Waals surface area contributed by atoms with Gasteiger partial charge in [-0.25, -0.2) is 0 Å². The Morgan fingerprint density at radius 1 is 1.37 bits per heavy atom. The van der Waals surface area contributed by atoms with Crippen molar-refractivity contribution in [2.24, 2.45) is 0 Å². The molecule has 1 aromatic rings. The van der Waals surface area contributed by atoms with E-state index in [0.29, 0.717) is 6.04 Å². The van der Waals surface area contributed by atoms with Crippen LogP contribution in [0.5, 0.6) is 0 Å². The topological polar surface area (TPSA) is 23.6 Å². The first-order chi connectivity index (χ1) is 9.11. The molecule has 1 saturated heterocycles. The summed E-state index contributed by atoms with van der Waals surface area (Å²) in [5, 5.41) is 0.828. The fraction of sp³-hybridized carbons (Fsp3) is 0.533. The van der Waals surface area contributed by atoms with E-state index in [1.807, 2.05) is 29.2 Å². The quantitative estimate of drug-likeness (QED) is 0.795. The van der Waals surface area contributed by atoms with Gasteiger partial charge >= 0.3 is 0 Å². The SMILES string of the molecule is CN(C)CC1CCCN1C(=O)c1ccc(CBr)cc1. The Bertz CT molecular complexity index is 430.